The Balaban J connectivity index is 2.94. The van der Waals surface area contributed by atoms with Crippen LogP contribution in [-0.2, 0) is 0 Å². The molecule has 92 valence electrons. The summed E-state index contributed by atoms with van der Waals surface area (Å²) < 4.78 is 15.7. The number of nitrogens with zero attached hydrogens (tertiary/aromatic N) is 2. The lowest BCUT2D eigenvalue weighted by molar-refractivity contribution is 0.381. The van der Waals surface area contributed by atoms with Crippen LogP contribution in [-0.4, -0.2) is 26.3 Å². The number of fused-ring (bicyclic) bond motifs is 1. The molecular weight excluding hydrogens is 232 g/mol. The summed E-state index contributed by atoms with van der Waals surface area (Å²) in [7, 11) is 4.53. The van der Waals surface area contributed by atoms with Crippen molar-refractivity contribution < 1.29 is 14.2 Å². The Kier molecular flexibility index (Phi) is 3.20. The largest absolute Gasteiger partial charge is 0.496 e. The summed E-state index contributed by atoms with van der Waals surface area (Å²) in [6.45, 7) is 0. The number of ether oxygens (including phenoxy) is 3. The van der Waals surface area contributed by atoms with E-state index in [0.717, 1.165) is 0 Å². The number of rotatable bonds is 3. The van der Waals surface area contributed by atoms with Crippen molar-refractivity contribution in [3.8, 4) is 23.4 Å². The van der Waals surface area contributed by atoms with Crippen LogP contribution in [0.1, 0.15) is 5.56 Å². The second kappa shape index (κ2) is 4.80. The molecular formula is C13H12N2O3. The van der Waals surface area contributed by atoms with Gasteiger partial charge in [0.1, 0.15) is 11.8 Å². The van der Waals surface area contributed by atoms with E-state index in [9.17, 15) is 5.26 Å². The fourth-order valence-electron chi connectivity index (χ4n) is 1.85. The molecule has 1 aromatic carbocycles. The predicted molar refractivity (Wildman–Crippen MR) is 66.1 cm³/mol. The molecule has 0 saturated heterocycles. The zero-order valence-electron chi connectivity index (χ0n) is 10.4. The number of pyridine rings is 1. The highest BCUT2D eigenvalue weighted by Crippen LogP contribution is 2.38. The molecule has 0 saturated carbocycles. The molecule has 5 nitrogen and oxygen atoms in total. The van der Waals surface area contributed by atoms with Gasteiger partial charge in [-0.05, 0) is 12.1 Å². The number of hydrogen-bond donors (Lipinski definition) is 0. The van der Waals surface area contributed by atoms with E-state index in [2.05, 4.69) is 4.98 Å². The first-order valence-corrected chi connectivity index (χ1v) is 5.25. The van der Waals surface area contributed by atoms with Gasteiger partial charge in [0.15, 0.2) is 11.3 Å². The third-order valence-electron chi connectivity index (χ3n) is 2.62. The SMILES string of the molecule is COc1nc2cccc(OC)c2c(OC)c1C#N. The average Bonchev–Trinajstić information content (AvgIpc) is 2.43. The minimum atomic E-state index is 0.245. The number of benzene rings is 1. The fourth-order valence-corrected chi connectivity index (χ4v) is 1.85. The van der Waals surface area contributed by atoms with E-state index in [-0.39, 0.29) is 11.4 Å². The van der Waals surface area contributed by atoms with Crippen molar-refractivity contribution in [1.29, 1.82) is 5.26 Å². The predicted octanol–water partition coefficient (Wildman–Crippen LogP) is 2.13. The van der Waals surface area contributed by atoms with Crippen molar-refractivity contribution in [1.82, 2.24) is 4.98 Å². The molecule has 0 aliphatic rings. The normalized spacial score (nSPS) is 9.89. The maximum atomic E-state index is 9.19. The van der Waals surface area contributed by atoms with Gasteiger partial charge >= 0.3 is 0 Å². The molecule has 0 atom stereocenters. The lowest BCUT2D eigenvalue weighted by Gasteiger charge is -2.12. The smallest absolute Gasteiger partial charge is 0.235 e. The van der Waals surface area contributed by atoms with E-state index in [1.807, 2.05) is 18.2 Å². The molecule has 0 unspecified atom stereocenters. The summed E-state index contributed by atoms with van der Waals surface area (Å²) >= 11 is 0. The highest BCUT2D eigenvalue weighted by molar-refractivity contribution is 5.93. The van der Waals surface area contributed by atoms with Crippen molar-refractivity contribution in [2.24, 2.45) is 0 Å². The van der Waals surface area contributed by atoms with E-state index >= 15 is 0 Å². The molecule has 0 spiro atoms. The second-order valence-corrected chi connectivity index (χ2v) is 3.50. The van der Waals surface area contributed by atoms with Crippen molar-refractivity contribution in [2.45, 2.75) is 0 Å². The van der Waals surface area contributed by atoms with E-state index in [4.69, 9.17) is 14.2 Å². The molecule has 1 heterocycles. The van der Waals surface area contributed by atoms with Crippen molar-refractivity contribution >= 4 is 10.9 Å². The summed E-state index contributed by atoms with van der Waals surface area (Å²) in [6, 6.07) is 7.46. The number of nitriles is 1. The van der Waals surface area contributed by atoms with E-state index in [1.54, 1.807) is 13.2 Å². The topological polar surface area (TPSA) is 64.4 Å². The van der Waals surface area contributed by atoms with Gasteiger partial charge in [0.25, 0.3) is 0 Å². The summed E-state index contributed by atoms with van der Waals surface area (Å²) in [5.74, 6) is 1.27. The molecule has 5 heteroatoms. The van der Waals surface area contributed by atoms with Crippen molar-refractivity contribution in [3.63, 3.8) is 0 Å². The van der Waals surface area contributed by atoms with Gasteiger partial charge in [-0.25, -0.2) is 4.98 Å². The average molecular weight is 244 g/mol. The molecule has 2 aromatic rings. The minimum Gasteiger partial charge on any atom is -0.496 e. The van der Waals surface area contributed by atoms with Crippen LogP contribution in [0.2, 0.25) is 0 Å². The Labute approximate surface area is 105 Å². The Morgan fingerprint density at radius 3 is 2.44 bits per heavy atom. The van der Waals surface area contributed by atoms with Gasteiger partial charge in [-0.3, -0.25) is 0 Å². The number of methoxy groups -OCH3 is 3. The Morgan fingerprint density at radius 1 is 1.11 bits per heavy atom. The molecule has 2 rings (SSSR count). The van der Waals surface area contributed by atoms with Gasteiger partial charge in [-0.2, -0.15) is 5.26 Å². The zero-order chi connectivity index (χ0) is 13.1. The van der Waals surface area contributed by atoms with Crippen molar-refractivity contribution in [2.75, 3.05) is 21.3 Å². The summed E-state index contributed by atoms with van der Waals surface area (Å²) in [6.07, 6.45) is 0. The Morgan fingerprint density at radius 2 is 1.89 bits per heavy atom. The highest BCUT2D eigenvalue weighted by Gasteiger charge is 2.19. The third kappa shape index (κ3) is 1.68. The van der Waals surface area contributed by atoms with Crippen molar-refractivity contribution in [3.05, 3.63) is 23.8 Å². The monoisotopic (exact) mass is 244 g/mol. The standard InChI is InChI=1S/C13H12N2O3/c1-16-10-6-4-5-9-11(10)12(17-2)8(7-14)13(15-9)18-3/h4-6H,1-3H3. The van der Waals surface area contributed by atoms with Gasteiger partial charge in [0, 0.05) is 0 Å². The molecule has 0 amide bonds. The summed E-state index contributed by atoms with van der Waals surface area (Å²) in [5, 5.41) is 9.86. The molecule has 0 fully saturated rings. The molecule has 0 N–H and O–H groups in total. The molecule has 18 heavy (non-hydrogen) atoms. The first-order chi connectivity index (χ1) is 8.76. The summed E-state index contributed by atoms with van der Waals surface area (Å²) in [4.78, 5) is 4.28. The van der Waals surface area contributed by atoms with Crippen LogP contribution in [0, 0.1) is 11.3 Å². The van der Waals surface area contributed by atoms with Crippen LogP contribution >= 0.6 is 0 Å². The maximum absolute atomic E-state index is 9.19. The number of aromatic nitrogens is 1. The molecule has 0 bridgehead atoms. The van der Waals surface area contributed by atoms with Gasteiger partial charge in [0.2, 0.25) is 5.88 Å². The van der Waals surface area contributed by atoms with Crippen LogP contribution in [0.15, 0.2) is 18.2 Å². The number of hydrogen-bond acceptors (Lipinski definition) is 5. The second-order valence-electron chi connectivity index (χ2n) is 3.50. The maximum Gasteiger partial charge on any atom is 0.235 e. The van der Waals surface area contributed by atoms with Gasteiger partial charge < -0.3 is 14.2 Å². The van der Waals surface area contributed by atoms with Crippen LogP contribution in [0.5, 0.6) is 17.4 Å². The van der Waals surface area contributed by atoms with Crippen LogP contribution in [0.4, 0.5) is 0 Å². The first kappa shape index (κ1) is 12.0. The van der Waals surface area contributed by atoms with E-state index in [0.29, 0.717) is 22.4 Å². The highest BCUT2D eigenvalue weighted by atomic mass is 16.5. The van der Waals surface area contributed by atoms with E-state index < -0.39 is 0 Å². The third-order valence-corrected chi connectivity index (χ3v) is 2.62. The lowest BCUT2D eigenvalue weighted by atomic mass is 10.1. The minimum absolute atomic E-state index is 0.245. The Bertz CT molecular complexity index is 632. The van der Waals surface area contributed by atoms with Crippen LogP contribution in [0.3, 0.4) is 0 Å². The molecule has 1 aromatic heterocycles. The van der Waals surface area contributed by atoms with E-state index in [1.165, 1.54) is 14.2 Å². The fraction of sp³-hybridized carbons (Fsp3) is 0.231. The van der Waals surface area contributed by atoms with Gasteiger partial charge in [0.05, 0.1) is 32.2 Å². The Hall–Kier alpha value is -2.48. The quantitative estimate of drug-likeness (QED) is 0.827. The van der Waals surface area contributed by atoms with Crippen LogP contribution in [0.25, 0.3) is 10.9 Å². The molecule has 0 aliphatic carbocycles. The summed E-state index contributed by atoms with van der Waals surface area (Å²) in [5.41, 5.74) is 0.916. The molecule has 0 aliphatic heterocycles. The molecule has 0 radical (unpaired) electrons. The zero-order valence-corrected chi connectivity index (χ0v) is 10.4. The lowest BCUT2D eigenvalue weighted by Crippen LogP contribution is -1.99. The van der Waals surface area contributed by atoms with Gasteiger partial charge in [-0.15, -0.1) is 0 Å². The van der Waals surface area contributed by atoms with Crippen LogP contribution < -0.4 is 14.2 Å². The van der Waals surface area contributed by atoms with Gasteiger partial charge in [-0.1, -0.05) is 6.07 Å². The first-order valence-electron chi connectivity index (χ1n) is 5.25.